The number of sulfone groups is 1. The van der Waals surface area contributed by atoms with Gasteiger partial charge >= 0.3 is 0 Å². The third-order valence-electron chi connectivity index (χ3n) is 3.64. The van der Waals surface area contributed by atoms with Gasteiger partial charge in [-0.2, -0.15) is 0 Å². The average molecular weight is 298 g/mol. The minimum absolute atomic E-state index is 0.0575. The molecule has 0 aromatic heterocycles. The Morgan fingerprint density at radius 1 is 1.40 bits per heavy atom. The molecule has 0 radical (unpaired) electrons. The van der Waals surface area contributed by atoms with Crippen LogP contribution >= 0.6 is 0 Å². The van der Waals surface area contributed by atoms with E-state index in [-0.39, 0.29) is 17.5 Å². The summed E-state index contributed by atoms with van der Waals surface area (Å²) in [6.45, 7) is 4.27. The Bertz CT molecular complexity index is 545. The molecular weight excluding hydrogens is 276 g/mol. The van der Waals surface area contributed by atoms with Crippen molar-refractivity contribution in [2.24, 2.45) is 5.73 Å². The third kappa shape index (κ3) is 3.94. The smallest absolute Gasteiger partial charge is 0.153 e. The maximum atomic E-state index is 11.5. The summed E-state index contributed by atoms with van der Waals surface area (Å²) < 4.78 is 28.8. The number of nitrogens with zero attached hydrogens (tertiary/aromatic N) is 1. The number of hydrogen-bond acceptors (Lipinski definition) is 5. The van der Waals surface area contributed by atoms with E-state index >= 15 is 0 Å². The van der Waals surface area contributed by atoms with Gasteiger partial charge in [-0.25, -0.2) is 8.42 Å². The number of rotatable bonds is 5. The van der Waals surface area contributed by atoms with E-state index in [0.717, 1.165) is 17.9 Å². The lowest BCUT2D eigenvalue weighted by Gasteiger charge is -2.32. The zero-order chi connectivity index (χ0) is 14.6. The fraction of sp³-hybridized carbons (Fsp3) is 0.571. The second kappa shape index (κ2) is 6.56. The molecule has 0 aliphatic carbocycles. The van der Waals surface area contributed by atoms with Crippen LogP contribution in [0.25, 0.3) is 0 Å². The minimum atomic E-state index is -2.85. The Labute approximate surface area is 120 Å². The summed E-state index contributed by atoms with van der Waals surface area (Å²) in [7, 11) is -2.85. The summed E-state index contributed by atoms with van der Waals surface area (Å²) in [4.78, 5) is 2.16. The van der Waals surface area contributed by atoms with E-state index in [4.69, 9.17) is 10.5 Å². The fourth-order valence-electron chi connectivity index (χ4n) is 2.45. The lowest BCUT2D eigenvalue weighted by Crippen LogP contribution is -2.48. The first-order valence-electron chi connectivity index (χ1n) is 6.87. The number of ether oxygens (including phenoxy) is 1. The molecule has 1 aromatic rings. The Kier molecular flexibility index (Phi) is 5.01. The van der Waals surface area contributed by atoms with E-state index in [2.05, 4.69) is 4.90 Å². The maximum absolute atomic E-state index is 11.5. The Hall–Kier alpha value is -1.11. The van der Waals surface area contributed by atoms with Crippen molar-refractivity contribution in [2.45, 2.75) is 19.5 Å². The summed E-state index contributed by atoms with van der Waals surface area (Å²) in [5.41, 5.74) is 6.65. The molecule has 112 valence electrons. The Balaban J connectivity index is 1.84. The van der Waals surface area contributed by atoms with Gasteiger partial charge in [0.05, 0.1) is 11.5 Å². The van der Waals surface area contributed by atoms with Crippen molar-refractivity contribution in [2.75, 3.05) is 31.2 Å². The highest BCUT2D eigenvalue weighted by Crippen LogP contribution is 2.17. The van der Waals surface area contributed by atoms with E-state index < -0.39 is 9.84 Å². The summed E-state index contributed by atoms with van der Waals surface area (Å²) >= 11 is 0. The second-order valence-electron chi connectivity index (χ2n) is 5.16. The van der Waals surface area contributed by atoms with E-state index in [1.165, 1.54) is 0 Å². The topological polar surface area (TPSA) is 72.6 Å². The first-order chi connectivity index (χ1) is 9.52. The molecule has 2 rings (SSSR count). The standard InChI is InChI=1S/C14H22N2O3S/c1-12-11-20(17,18)9-7-16(12)6-8-19-14-5-3-2-4-13(14)10-15/h2-5,12H,6-11,15H2,1H3. The number of hydrogen-bond donors (Lipinski definition) is 1. The van der Waals surface area contributed by atoms with Gasteiger partial charge in [-0.05, 0) is 13.0 Å². The van der Waals surface area contributed by atoms with Gasteiger partial charge in [-0.3, -0.25) is 4.90 Å². The van der Waals surface area contributed by atoms with Crippen LogP contribution in [0.2, 0.25) is 0 Å². The largest absolute Gasteiger partial charge is 0.492 e. The van der Waals surface area contributed by atoms with Crippen LogP contribution in [0.5, 0.6) is 5.75 Å². The molecule has 1 aliphatic heterocycles. The minimum Gasteiger partial charge on any atom is -0.492 e. The molecule has 1 saturated heterocycles. The van der Waals surface area contributed by atoms with Crippen LogP contribution in [0.15, 0.2) is 24.3 Å². The predicted octanol–water partition coefficient (Wildman–Crippen LogP) is 0.643. The molecule has 2 N–H and O–H groups in total. The van der Waals surface area contributed by atoms with Crippen molar-refractivity contribution in [3.8, 4) is 5.75 Å². The van der Waals surface area contributed by atoms with Gasteiger partial charge in [0.25, 0.3) is 0 Å². The molecule has 0 saturated carbocycles. The molecule has 1 aliphatic rings. The molecule has 1 heterocycles. The van der Waals surface area contributed by atoms with Gasteiger partial charge in [-0.1, -0.05) is 18.2 Å². The van der Waals surface area contributed by atoms with Gasteiger partial charge in [0.1, 0.15) is 12.4 Å². The molecule has 1 unspecified atom stereocenters. The van der Waals surface area contributed by atoms with Gasteiger partial charge in [-0.15, -0.1) is 0 Å². The fourth-order valence-corrected chi connectivity index (χ4v) is 4.08. The Morgan fingerprint density at radius 2 is 2.15 bits per heavy atom. The van der Waals surface area contributed by atoms with E-state index in [0.29, 0.717) is 19.7 Å². The van der Waals surface area contributed by atoms with Crippen LogP contribution in [0, 0.1) is 0 Å². The monoisotopic (exact) mass is 298 g/mol. The van der Waals surface area contributed by atoms with E-state index in [9.17, 15) is 8.42 Å². The summed E-state index contributed by atoms with van der Waals surface area (Å²) in [6, 6.07) is 7.77. The molecule has 5 nitrogen and oxygen atoms in total. The molecule has 1 fully saturated rings. The normalized spacial score (nSPS) is 22.6. The SMILES string of the molecule is CC1CS(=O)(=O)CCN1CCOc1ccccc1CN. The highest BCUT2D eigenvalue weighted by atomic mass is 32.2. The molecule has 1 atom stereocenters. The van der Waals surface area contributed by atoms with Gasteiger partial charge < -0.3 is 10.5 Å². The summed E-state index contributed by atoms with van der Waals surface area (Å²) in [5.74, 6) is 1.30. The van der Waals surface area contributed by atoms with Crippen molar-refractivity contribution in [3.05, 3.63) is 29.8 Å². The third-order valence-corrected chi connectivity index (χ3v) is 5.43. The zero-order valence-electron chi connectivity index (χ0n) is 11.8. The lowest BCUT2D eigenvalue weighted by molar-refractivity contribution is 0.179. The highest BCUT2D eigenvalue weighted by Gasteiger charge is 2.27. The van der Waals surface area contributed by atoms with E-state index in [1.54, 1.807) is 0 Å². The predicted molar refractivity (Wildman–Crippen MR) is 79.5 cm³/mol. The van der Waals surface area contributed by atoms with Gasteiger partial charge in [0.15, 0.2) is 9.84 Å². The summed E-state index contributed by atoms with van der Waals surface area (Å²) in [6.07, 6.45) is 0. The molecule has 1 aromatic carbocycles. The lowest BCUT2D eigenvalue weighted by atomic mass is 10.2. The van der Waals surface area contributed by atoms with Crippen molar-refractivity contribution in [1.29, 1.82) is 0 Å². The molecule has 0 amide bonds. The maximum Gasteiger partial charge on any atom is 0.153 e. The molecule has 0 spiro atoms. The quantitative estimate of drug-likeness (QED) is 0.864. The van der Waals surface area contributed by atoms with Crippen LogP contribution in [0.4, 0.5) is 0 Å². The van der Waals surface area contributed by atoms with Crippen LogP contribution in [-0.2, 0) is 16.4 Å². The first-order valence-corrected chi connectivity index (χ1v) is 8.69. The van der Waals surface area contributed by atoms with Crippen molar-refractivity contribution >= 4 is 9.84 Å². The van der Waals surface area contributed by atoms with Crippen molar-refractivity contribution in [3.63, 3.8) is 0 Å². The van der Waals surface area contributed by atoms with E-state index in [1.807, 2.05) is 31.2 Å². The Morgan fingerprint density at radius 3 is 2.85 bits per heavy atom. The number of nitrogens with two attached hydrogens (primary N) is 1. The average Bonchev–Trinajstić information content (AvgIpc) is 2.41. The van der Waals surface area contributed by atoms with Gasteiger partial charge in [0.2, 0.25) is 0 Å². The molecule has 0 bridgehead atoms. The van der Waals surface area contributed by atoms with Crippen LogP contribution < -0.4 is 10.5 Å². The van der Waals surface area contributed by atoms with Crippen molar-refractivity contribution < 1.29 is 13.2 Å². The number of para-hydroxylation sites is 1. The second-order valence-corrected chi connectivity index (χ2v) is 7.39. The highest BCUT2D eigenvalue weighted by molar-refractivity contribution is 7.91. The van der Waals surface area contributed by atoms with Crippen LogP contribution in [-0.4, -0.2) is 50.6 Å². The first kappa shape index (κ1) is 15.3. The molecular formula is C14H22N2O3S. The van der Waals surface area contributed by atoms with Crippen LogP contribution in [0.1, 0.15) is 12.5 Å². The summed E-state index contributed by atoms with van der Waals surface area (Å²) in [5, 5.41) is 0. The molecule has 20 heavy (non-hydrogen) atoms. The zero-order valence-corrected chi connectivity index (χ0v) is 12.6. The molecule has 6 heteroatoms. The van der Waals surface area contributed by atoms with Crippen LogP contribution in [0.3, 0.4) is 0 Å². The van der Waals surface area contributed by atoms with Crippen molar-refractivity contribution in [1.82, 2.24) is 4.90 Å². The van der Waals surface area contributed by atoms with Gasteiger partial charge in [0, 0.05) is 31.2 Å². The number of benzene rings is 1.